The molecule has 1 saturated heterocycles. The van der Waals surface area contributed by atoms with Crippen LogP contribution in [-0.2, 0) is 9.53 Å². The van der Waals surface area contributed by atoms with E-state index in [2.05, 4.69) is 5.32 Å². The molecule has 3 atom stereocenters. The Bertz CT molecular complexity index is 296. The highest BCUT2D eigenvalue weighted by molar-refractivity contribution is 5.76. The predicted molar refractivity (Wildman–Crippen MR) is 58.6 cm³/mol. The molecule has 0 spiro atoms. The van der Waals surface area contributed by atoms with Crippen LogP contribution in [0.5, 0.6) is 0 Å². The number of nitrogens with zero attached hydrogens (tertiary/aromatic N) is 1. The quantitative estimate of drug-likeness (QED) is 0.606. The number of likely N-dealkylation sites (N-methyl/N-ethyl adjacent to an activating group) is 1. The van der Waals surface area contributed by atoms with E-state index < -0.39 is 18.1 Å². The number of carbonyl (C=O) groups excluding carboxylic acids is 1. The van der Waals surface area contributed by atoms with Crippen LogP contribution in [0.3, 0.4) is 0 Å². The summed E-state index contributed by atoms with van der Waals surface area (Å²) in [4.78, 5) is 23.5. The molecule has 2 unspecified atom stereocenters. The number of hydrogen-bond donors (Lipinski definition) is 3. The predicted octanol–water partition coefficient (Wildman–Crippen LogP) is -0.749. The first-order valence-electron chi connectivity index (χ1n) is 5.46. The number of urea groups is 1. The van der Waals surface area contributed by atoms with Crippen LogP contribution in [0.15, 0.2) is 0 Å². The number of amides is 2. The van der Waals surface area contributed by atoms with Crippen LogP contribution < -0.4 is 5.32 Å². The highest BCUT2D eigenvalue weighted by Crippen LogP contribution is 2.17. The van der Waals surface area contributed by atoms with Gasteiger partial charge in [0, 0.05) is 13.7 Å². The molecule has 1 heterocycles. The second-order valence-electron chi connectivity index (χ2n) is 4.08. The Labute approximate surface area is 99.4 Å². The molecule has 1 aliphatic heterocycles. The first kappa shape index (κ1) is 13.7. The minimum atomic E-state index is -1.58. The van der Waals surface area contributed by atoms with E-state index >= 15 is 0 Å². The van der Waals surface area contributed by atoms with Gasteiger partial charge in [0.2, 0.25) is 0 Å². The average molecular weight is 246 g/mol. The van der Waals surface area contributed by atoms with Crippen LogP contribution in [0.25, 0.3) is 0 Å². The van der Waals surface area contributed by atoms with E-state index in [1.54, 1.807) is 7.05 Å². The molecular weight excluding hydrogens is 228 g/mol. The van der Waals surface area contributed by atoms with Crippen molar-refractivity contribution >= 4 is 12.0 Å². The lowest BCUT2D eigenvalue weighted by Gasteiger charge is -2.27. The molecule has 3 N–H and O–H groups in total. The number of carbonyl (C=O) groups is 2. The third kappa shape index (κ3) is 3.57. The Morgan fingerprint density at radius 3 is 2.71 bits per heavy atom. The Balaban J connectivity index is 2.39. The van der Waals surface area contributed by atoms with Crippen LogP contribution in [-0.4, -0.2) is 65.6 Å². The number of ether oxygens (including phenoxy) is 1. The number of nitrogens with one attached hydrogen (secondary N) is 1. The van der Waals surface area contributed by atoms with Crippen molar-refractivity contribution < 1.29 is 24.5 Å². The maximum Gasteiger partial charge on any atom is 0.334 e. The van der Waals surface area contributed by atoms with E-state index in [-0.39, 0.29) is 18.7 Å². The smallest absolute Gasteiger partial charge is 0.334 e. The van der Waals surface area contributed by atoms with Crippen molar-refractivity contribution in [3.8, 4) is 0 Å². The van der Waals surface area contributed by atoms with E-state index in [1.807, 2.05) is 6.92 Å². The van der Waals surface area contributed by atoms with E-state index in [4.69, 9.17) is 14.9 Å². The summed E-state index contributed by atoms with van der Waals surface area (Å²) in [7, 11) is 1.62. The fourth-order valence-electron chi connectivity index (χ4n) is 1.78. The molecular formula is C10H18N2O5. The van der Waals surface area contributed by atoms with Crippen molar-refractivity contribution in [1.82, 2.24) is 10.2 Å². The van der Waals surface area contributed by atoms with Gasteiger partial charge in [0.1, 0.15) is 0 Å². The van der Waals surface area contributed by atoms with E-state index in [1.165, 1.54) is 4.90 Å². The van der Waals surface area contributed by atoms with Crippen LogP contribution in [0.4, 0.5) is 4.79 Å². The first-order chi connectivity index (χ1) is 7.93. The molecule has 7 nitrogen and oxygen atoms in total. The SMILES string of the molecule is CC1OCCC1N(C)C(=O)NC[C@H](O)C(=O)O. The Hall–Kier alpha value is -1.34. The zero-order valence-electron chi connectivity index (χ0n) is 9.92. The summed E-state index contributed by atoms with van der Waals surface area (Å²) in [6.45, 7) is 2.19. The summed E-state index contributed by atoms with van der Waals surface area (Å²) in [6.07, 6.45) is -0.855. The maximum atomic E-state index is 11.7. The largest absolute Gasteiger partial charge is 0.479 e. The van der Waals surface area contributed by atoms with Gasteiger partial charge in [-0.15, -0.1) is 0 Å². The van der Waals surface area contributed by atoms with Gasteiger partial charge in [-0.2, -0.15) is 0 Å². The number of aliphatic carboxylic acids is 1. The van der Waals surface area contributed by atoms with E-state index in [9.17, 15) is 9.59 Å². The lowest BCUT2D eigenvalue weighted by Crippen LogP contribution is -2.48. The fourth-order valence-corrected chi connectivity index (χ4v) is 1.78. The molecule has 0 aromatic carbocycles. The van der Waals surface area contributed by atoms with Gasteiger partial charge >= 0.3 is 12.0 Å². The number of carboxylic acid groups (broad SMARTS) is 1. The van der Waals surface area contributed by atoms with Crippen molar-refractivity contribution in [2.75, 3.05) is 20.2 Å². The maximum absolute atomic E-state index is 11.7. The molecule has 1 aliphatic rings. The molecule has 0 aromatic heterocycles. The molecule has 0 aliphatic carbocycles. The summed E-state index contributed by atoms with van der Waals surface area (Å²) in [5, 5.41) is 19.8. The molecule has 0 bridgehead atoms. The molecule has 1 rings (SSSR count). The number of hydrogen-bond acceptors (Lipinski definition) is 4. The summed E-state index contributed by atoms with van der Waals surface area (Å²) in [5.41, 5.74) is 0. The van der Waals surface area contributed by atoms with Crippen LogP contribution >= 0.6 is 0 Å². The van der Waals surface area contributed by atoms with Gasteiger partial charge in [-0.1, -0.05) is 0 Å². The second kappa shape index (κ2) is 5.83. The molecule has 1 fully saturated rings. The van der Waals surface area contributed by atoms with Crippen molar-refractivity contribution in [3.05, 3.63) is 0 Å². The first-order valence-corrected chi connectivity index (χ1v) is 5.46. The van der Waals surface area contributed by atoms with Gasteiger partial charge in [0.15, 0.2) is 6.10 Å². The van der Waals surface area contributed by atoms with Gasteiger partial charge in [-0.25, -0.2) is 9.59 Å². The van der Waals surface area contributed by atoms with Gasteiger partial charge in [0.05, 0.1) is 18.7 Å². The third-order valence-corrected chi connectivity index (χ3v) is 2.89. The normalized spacial score (nSPS) is 25.4. The standard InChI is InChI=1S/C10H18N2O5/c1-6-7(3-4-17-6)12(2)10(16)11-5-8(13)9(14)15/h6-8,13H,3-5H2,1-2H3,(H,11,16)(H,14,15)/t6?,7?,8-/m0/s1. The van der Waals surface area contributed by atoms with Crippen molar-refractivity contribution in [1.29, 1.82) is 0 Å². The zero-order valence-corrected chi connectivity index (χ0v) is 9.92. The Morgan fingerprint density at radius 2 is 2.24 bits per heavy atom. The van der Waals surface area contributed by atoms with E-state index in [0.717, 1.165) is 6.42 Å². The van der Waals surface area contributed by atoms with Crippen molar-refractivity contribution in [3.63, 3.8) is 0 Å². The highest BCUT2D eigenvalue weighted by atomic mass is 16.5. The lowest BCUT2D eigenvalue weighted by atomic mass is 10.1. The van der Waals surface area contributed by atoms with Crippen molar-refractivity contribution in [2.45, 2.75) is 31.6 Å². The Kier molecular flexibility index (Phi) is 4.71. The molecule has 0 aromatic rings. The van der Waals surface area contributed by atoms with Crippen molar-refractivity contribution in [2.24, 2.45) is 0 Å². The zero-order chi connectivity index (χ0) is 13.0. The Morgan fingerprint density at radius 1 is 1.59 bits per heavy atom. The summed E-state index contributed by atoms with van der Waals surface area (Å²) < 4.78 is 5.34. The van der Waals surface area contributed by atoms with Crippen LogP contribution in [0.2, 0.25) is 0 Å². The topological polar surface area (TPSA) is 99.1 Å². The average Bonchev–Trinajstić information content (AvgIpc) is 2.70. The molecule has 0 saturated carbocycles. The minimum Gasteiger partial charge on any atom is -0.479 e. The highest BCUT2D eigenvalue weighted by Gasteiger charge is 2.30. The molecule has 7 heteroatoms. The van der Waals surface area contributed by atoms with Gasteiger partial charge in [-0.3, -0.25) is 0 Å². The second-order valence-corrected chi connectivity index (χ2v) is 4.08. The minimum absolute atomic E-state index is 0.0167. The van der Waals surface area contributed by atoms with Crippen LogP contribution in [0.1, 0.15) is 13.3 Å². The monoisotopic (exact) mass is 246 g/mol. The van der Waals surface area contributed by atoms with E-state index in [0.29, 0.717) is 6.61 Å². The number of rotatable bonds is 4. The molecule has 2 amide bonds. The fraction of sp³-hybridized carbons (Fsp3) is 0.800. The van der Waals surface area contributed by atoms with Gasteiger partial charge in [-0.05, 0) is 13.3 Å². The number of aliphatic hydroxyl groups is 1. The molecule has 0 radical (unpaired) electrons. The lowest BCUT2D eigenvalue weighted by molar-refractivity contribution is -0.146. The number of carboxylic acids is 1. The van der Waals surface area contributed by atoms with Crippen LogP contribution in [0, 0.1) is 0 Å². The van der Waals surface area contributed by atoms with Gasteiger partial charge < -0.3 is 25.2 Å². The molecule has 98 valence electrons. The molecule has 17 heavy (non-hydrogen) atoms. The third-order valence-electron chi connectivity index (χ3n) is 2.89. The number of aliphatic hydroxyl groups excluding tert-OH is 1. The summed E-state index contributed by atoms with van der Waals surface area (Å²) in [5.74, 6) is -1.36. The summed E-state index contributed by atoms with van der Waals surface area (Å²) >= 11 is 0. The summed E-state index contributed by atoms with van der Waals surface area (Å²) in [6, 6.07) is -0.426. The van der Waals surface area contributed by atoms with Gasteiger partial charge in [0.25, 0.3) is 0 Å².